The fourth-order valence-electron chi connectivity index (χ4n) is 3.93. The summed E-state index contributed by atoms with van der Waals surface area (Å²) in [5.74, 6) is 0.0980. The Bertz CT molecular complexity index is 815. The highest BCUT2D eigenvalue weighted by molar-refractivity contribution is 5.97. The van der Waals surface area contributed by atoms with E-state index in [-0.39, 0.29) is 17.8 Å². The third-order valence-electron chi connectivity index (χ3n) is 5.70. The molecular formula is C25H34FN3O. The number of likely N-dealkylation sites (N-methyl/N-ethyl adjacent to an activating group) is 1. The van der Waals surface area contributed by atoms with Gasteiger partial charge in [0.15, 0.2) is 0 Å². The van der Waals surface area contributed by atoms with Crippen LogP contribution in [0.4, 0.5) is 15.8 Å². The van der Waals surface area contributed by atoms with Gasteiger partial charge in [-0.1, -0.05) is 26.0 Å². The van der Waals surface area contributed by atoms with Gasteiger partial charge in [0.1, 0.15) is 5.82 Å². The van der Waals surface area contributed by atoms with Crippen LogP contribution in [-0.2, 0) is 11.3 Å². The van der Waals surface area contributed by atoms with Crippen LogP contribution in [0, 0.1) is 11.7 Å². The van der Waals surface area contributed by atoms with Crippen LogP contribution in [-0.4, -0.2) is 31.6 Å². The van der Waals surface area contributed by atoms with Crippen molar-refractivity contribution >= 4 is 17.3 Å². The molecule has 5 heteroatoms. The Morgan fingerprint density at radius 1 is 1.07 bits per heavy atom. The van der Waals surface area contributed by atoms with Gasteiger partial charge in [0, 0.05) is 24.0 Å². The Morgan fingerprint density at radius 2 is 1.67 bits per heavy atom. The number of anilines is 2. The zero-order chi connectivity index (χ0) is 21.7. The second-order valence-corrected chi connectivity index (χ2v) is 8.56. The van der Waals surface area contributed by atoms with Gasteiger partial charge < -0.3 is 15.1 Å². The summed E-state index contributed by atoms with van der Waals surface area (Å²) in [4.78, 5) is 17.6. The van der Waals surface area contributed by atoms with Gasteiger partial charge in [-0.3, -0.25) is 4.79 Å². The normalized spacial score (nSPS) is 14.6. The summed E-state index contributed by atoms with van der Waals surface area (Å²) in [7, 11) is 1.82. The number of nitrogens with one attached hydrogen (secondary N) is 1. The van der Waals surface area contributed by atoms with Gasteiger partial charge in [0.2, 0.25) is 5.91 Å². The molecule has 0 spiro atoms. The van der Waals surface area contributed by atoms with Gasteiger partial charge in [-0.05, 0) is 81.1 Å². The van der Waals surface area contributed by atoms with Gasteiger partial charge in [-0.2, -0.15) is 0 Å². The Balaban J connectivity index is 1.83. The summed E-state index contributed by atoms with van der Waals surface area (Å²) in [5.41, 5.74) is 3.00. The van der Waals surface area contributed by atoms with Crippen LogP contribution in [0.2, 0.25) is 0 Å². The van der Waals surface area contributed by atoms with Crippen LogP contribution in [0.5, 0.6) is 0 Å². The van der Waals surface area contributed by atoms with Crippen molar-refractivity contribution in [3.63, 3.8) is 0 Å². The monoisotopic (exact) mass is 411 g/mol. The molecule has 30 heavy (non-hydrogen) atoms. The molecule has 2 aromatic carbocycles. The highest BCUT2D eigenvalue weighted by Crippen LogP contribution is 2.31. The molecule has 1 fully saturated rings. The highest BCUT2D eigenvalue weighted by Gasteiger charge is 2.28. The summed E-state index contributed by atoms with van der Waals surface area (Å²) >= 11 is 0. The molecule has 1 atom stereocenters. The molecule has 4 nitrogen and oxygen atoms in total. The minimum Gasteiger partial charge on any atom is -0.369 e. The first-order valence-electron chi connectivity index (χ1n) is 11.0. The summed E-state index contributed by atoms with van der Waals surface area (Å²) in [5, 5.41) is 3.16. The molecule has 1 N–H and O–H groups in total. The van der Waals surface area contributed by atoms with Crippen molar-refractivity contribution in [1.82, 2.24) is 5.32 Å². The van der Waals surface area contributed by atoms with Crippen molar-refractivity contribution in [3.8, 4) is 0 Å². The van der Waals surface area contributed by atoms with Crippen molar-refractivity contribution in [1.29, 1.82) is 0 Å². The Morgan fingerprint density at radius 3 is 2.17 bits per heavy atom. The van der Waals surface area contributed by atoms with Crippen molar-refractivity contribution in [3.05, 3.63) is 59.9 Å². The second-order valence-electron chi connectivity index (χ2n) is 8.56. The van der Waals surface area contributed by atoms with Crippen LogP contribution >= 0.6 is 0 Å². The van der Waals surface area contributed by atoms with E-state index in [1.165, 1.54) is 30.7 Å². The summed E-state index contributed by atoms with van der Waals surface area (Å²) in [6.07, 6.45) is 3.28. The molecular weight excluding hydrogens is 377 g/mol. The molecule has 3 rings (SSSR count). The number of amides is 1. The number of carbonyl (C=O) groups is 1. The lowest BCUT2D eigenvalue weighted by Gasteiger charge is -2.29. The maximum atomic E-state index is 13.5. The van der Waals surface area contributed by atoms with Gasteiger partial charge in [0.05, 0.1) is 12.6 Å². The largest absolute Gasteiger partial charge is 0.369 e. The quantitative estimate of drug-likeness (QED) is 0.599. The van der Waals surface area contributed by atoms with Crippen molar-refractivity contribution in [2.75, 3.05) is 23.4 Å². The van der Waals surface area contributed by atoms with E-state index in [2.05, 4.69) is 55.3 Å². The van der Waals surface area contributed by atoms with Crippen LogP contribution in [0.15, 0.2) is 48.5 Å². The number of rotatable bonds is 10. The molecule has 1 saturated carbocycles. The molecule has 0 heterocycles. The number of hydrogen-bond donors (Lipinski definition) is 1. The first-order valence-corrected chi connectivity index (χ1v) is 11.0. The molecule has 0 radical (unpaired) electrons. The minimum atomic E-state index is -0.303. The molecule has 2 aromatic rings. The lowest BCUT2D eigenvalue weighted by atomic mass is 10.0. The van der Waals surface area contributed by atoms with Gasteiger partial charge in [-0.25, -0.2) is 4.39 Å². The molecule has 1 amide bonds. The van der Waals surface area contributed by atoms with Crippen molar-refractivity contribution in [2.24, 2.45) is 5.92 Å². The average Bonchev–Trinajstić information content (AvgIpc) is 3.57. The average molecular weight is 412 g/mol. The lowest BCUT2D eigenvalue weighted by molar-refractivity contribution is -0.121. The van der Waals surface area contributed by atoms with E-state index in [9.17, 15) is 9.18 Å². The Hall–Kier alpha value is -2.40. The highest BCUT2D eigenvalue weighted by atomic mass is 19.1. The summed E-state index contributed by atoms with van der Waals surface area (Å²) in [6, 6.07) is 15.1. The van der Waals surface area contributed by atoms with Crippen LogP contribution < -0.4 is 15.1 Å². The van der Waals surface area contributed by atoms with Crippen molar-refractivity contribution < 1.29 is 9.18 Å². The number of hydrogen-bond acceptors (Lipinski definition) is 3. The first kappa shape index (κ1) is 22.3. The SMILES string of the molecule is CCN(c1ccc(CN(C(=O)C(CC(C)C)NC)c2ccc(F)cc2)cc1)C1CC1. The molecule has 0 aliphatic heterocycles. The number of halogens is 1. The zero-order valence-electron chi connectivity index (χ0n) is 18.6. The van der Waals surface area contributed by atoms with Crippen LogP contribution in [0.1, 0.15) is 45.6 Å². The number of carbonyl (C=O) groups excluding carboxylic acids is 1. The number of benzene rings is 2. The second kappa shape index (κ2) is 10.1. The fourth-order valence-corrected chi connectivity index (χ4v) is 3.93. The van der Waals surface area contributed by atoms with Crippen LogP contribution in [0.25, 0.3) is 0 Å². The molecule has 1 aliphatic rings. The predicted molar refractivity (Wildman–Crippen MR) is 122 cm³/mol. The third-order valence-corrected chi connectivity index (χ3v) is 5.70. The van der Waals surface area contributed by atoms with Gasteiger partial charge in [-0.15, -0.1) is 0 Å². The molecule has 0 bridgehead atoms. The smallest absolute Gasteiger partial charge is 0.244 e. The van der Waals surface area contributed by atoms with E-state index in [0.29, 0.717) is 24.2 Å². The van der Waals surface area contributed by atoms with Crippen LogP contribution in [0.3, 0.4) is 0 Å². The molecule has 0 aromatic heterocycles. The molecule has 0 saturated heterocycles. The fraction of sp³-hybridized carbons (Fsp3) is 0.480. The maximum Gasteiger partial charge on any atom is 0.244 e. The van der Waals surface area contributed by atoms with E-state index < -0.39 is 0 Å². The van der Waals surface area contributed by atoms with E-state index in [1.54, 1.807) is 17.0 Å². The third kappa shape index (κ3) is 5.60. The first-order chi connectivity index (χ1) is 14.4. The molecule has 1 unspecified atom stereocenters. The predicted octanol–water partition coefficient (Wildman–Crippen LogP) is 4.98. The minimum absolute atomic E-state index is 0.00931. The van der Waals surface area contributed by atoms with E-state index in [0.717, 1.165) is 18.5 Å². The van der Waals surface area contributed by atoms with E-state index in [1.807, 2.05) is 7.05 Å². The Labute approximate surface area is 180 Å². The lowest BCUT2D eigenvalue weighted by Crippen LogP contribution is -2.46. The molecule has 1 aliphatic carbocycles. The van der Waals surface area contributed by atoms with E-state index in [4.69, 9.17) is 0 Å². The summed E-state index contributed by atoms with van der Waals surface area (Å²) in [6.45, 7) is 7.86. The van der Waals surface area contributed by atoms with Crippen molar-refractivity contribution in [2.45, 2.75) is 58.7 Å². The maximum absolute atomic E-state index is 13.5. The Kier molecular flexibility index (Phi) is 7.48. The topological polar surface area (TPSA) is 35.6 Å². The number of nitrogens with zero attached hydrogens (tertiary/aromatic N) is 2. The van der Waals surface area contributed by atoms with Gasteiger partial charge >= 0.3 is 0 Å². The standard InChI is InChI=1S/C25H34FN3O/c1-5-28(22-14-15-22)21-10-6-19(7-11-21)17-29(23-12-8-20(26)9-13-23)25(30)24(27-4)16-18(2)3/h6-13,18,22,24,27H,5,14-17H2,1-4H3. The summed E-state index contributed by atoms with van der Waals surface area (Å²) < 4.78 is 13.5. The molecule has 162 valence electrons. The zero-order valence-corrected chi connectivity index (χ0v) is 18.6. The van der Waals surface area contributed by atoms with Gasteiger partial charge in [0.25, 0.3) is 0 Å². The van der Waals surface area contributed by atoms with E-state index >= 15 is 0 Å².